The van der Waals surface area contributed by atoms with Gasteiger partial charge in [0.2, 0.25) is 17.8 Å². The van der Waals surface area contributed by atoms with Gasteiger partial charge in [0.05, 0.1) is 41.7 Å². The number of aromatic nitrogens is 4. The summed E-state index contributed by atoms with van der Waals surface area (Å²) in [5.74, 6) is 0.539. The first-order chi connectivity index (χ1) is 30.4. The maximum absolute atomic E-state index is 13.1. The molecule has 17 nitrogen and oxygen atoms in total. The molecule has 1 aliphatic carbocycles. The molecule has 4 fully saturated rings. The number of ether oxygens (including phenoxy) is 2. The minimum atomic E-state index is -0.577. The molecule has 4 amide bonds. The summed E-state index contributed by atoms with van der Waals surface area (Å²) < 4.78 is 13.4. The zero-order chi connectivity index (χ0) is 44.2. The normalized spacial score (nSPS) is 19.6. The number of benzene rings is 1. The van der Waals surface area contributed by atoms with Gasteiger partial charge in [-0.15, -0.1) is 0 Å². The molecule has 1 saturated carbocycles. The van der Waals surface area contributed by atoms with Gasteiger partial charge in [0.25, 0.3) is 17.4 Å². The largest absolute Gasteiger partial charge is 0.478 e. The van der Waals surface area contributed by atoms with E-state index in [4.69, 9.17) is 31.0 Å². The molecule has 4 aliphatic heterocycles. The lowest BCUT2D eigenvalue weighted by molar-refractivity contribution is -0.137. The van der Waals surface area contributed by atoms with Crippen LogP contribution < -0.4 is 36.5 Å². The minimum absolute atomic E-state index is 0.107. The second-order valence-corrected chi connectivity index (χ2v) is 17.4. The van der Waals surface area contributed by atoms with Gasteiger partial charge in [0, 0.05) is 55.3 Å². The molecule has 1 unspecified atom stereocenters. The summed E-state index contributed by atoms with van der Waals surface area (Å²) in [7, 11) is 1.52. The quantitative estimate of drug-likeness (QED) is 0.151. The number of halogens is 1. The fraction of sp³-hybridized carbons (Fsp3) is 0.511. The maximum Gasteiger partial charge on any atom is 0.293 e. The fourth-order valence-electron chi connectivity index (χ4n) is 8.73. The number of hydrogen-bond donors (Lipinski definition) is 4. The van der Waals surface area contributed by atoms with Crippen molar-refractivity contribution in [2.45, 2.75) is 108 Å². The molecule has 0 bridgehead atoms. The SMILES string of the molecule is CNC(=O)COc1cc2cc(Nc3nc(N4CCC(OC5CCC5)CC4)ncc3Cl)ccc2n(C(C)C)c1=O.O=C1CCC(N2Cc3nc(C4CCNCC4)ccc3C2=O)C(=O)N1. The van der Waals surface area contributed by atoms with E-state index in [9.17, 15) is 24.0 Å². The lowest BCUT2D eigenvalue weighted by Gasteiger charge is -2.36. The third kappa shape index (κ3) is 9.95. The van der Waals surface area contributed by atoms with Crippen LogP contribution in [0, 0.1) is 0 Å². The number of anilines is 3. The molecule has 334 valence electrons. The topological polar surface area (TPSA) is 202 Å². The van der Waals surface area contributed by atoms with Gasteiger partial charge in [-0.05, 0) is 115 Å². The van der Waals surface area contributed by atoms with E-state index in [1.165, 1.54) is 26.3 Å². The third-order valence-corrected chi connectivity index (χ3v) is 12.7. The molecule has 3 aromatic heterocycles. The van der Waals surface area contributed by atoms with Crippen LogP contribution >= 0.6 is 11.6 Å². The van der Waals surface area contributed by atoms with Crippen LogP contribution in [0.1, 0.15) is 105 Å². The molecule has 4 N–H and O–H groups in total. The summed E-state index contributed by atoms with van der Waals surface area (Å²) >= 11 is 6.47. The lowest BCUT2D eigenvalue weighted by Crippen LogP contribution is -2.52. The van der Waals surface area contributed by atoms with Crippen molar-refractivity contribution in [2.75, 3.05) is 50.1 Å². The molecule has 0 spiro atoms. The number of hydrogen-bond acceptors (Lipinski definition) is 13. The smallest absolute Gasteiger partial charge is 0.293 e. The number of nitrogens with zero attached hydrogens (tertiary/aromatic N) is 6. The highest BCUT2D eigenvalue weighted by Crippen LogP contribution is 2.33. The first kappa shape index (κ1) is 44.0. The zero-order valence-electron chi connectivity index (χ0n) is 36.0. The second-order valence-electron chi connectivity index (χ2n) is 17.0. The lowest BCUT2D eigenvalue weighted by atomic mass is 9.93. The number of nitrogens with one attached hydrogen (secondary N) is 4. The number of fused-ring (bicyclic) bond motifs is 2. The Morgan fingerprint density at radius 3 is 2.41 bits per heavy atom. The summed E-state index contributed by atoms with van der Waals surface area (Å²) in [6.07, 6.45) is 10.7. The summed E-state index contributed by atoms with van der Waals surface area (Å²) in [4.78, 5) is 78.4. The third-order valence-electron chi connectivity index (χ3n) is 12.5. The second kappa shape index (κ2) is 19.4. The van der Waals surface area contributed by atoms with Crippen molar-refractivity contribution >= 4 is 63.6 Å². The highest BCUT2D eigenvalue weighted by Gasteiger charge is 2.40. The van der Waals surface area contributed by atoms with Gasteiger partial charge >= 0.3 is 0 Å². The van der Waals surface area contributed by atoms with Crippen molar-refractivity contribution in [3.63, 3.8) is 0 Å². The summed E-state index contributed by atoms with van der Waals surface area (Å²) in [5.41, 5.74) is 3.58. The van der Waals surface area contributed by atoms with E-state index in [2.05, 4.69) is 31.2 Å². The van der Waals surface area contributed by atoms with Crippen molar-refractivity contribution in [3.05, 3.63) is 74.9 Å². The van der Waals surface area contributed by atoms with Gasteiger partial charge in [0.15, 0.2) is 18.2 Å². The number of amides is 4. The van der Waals surface area contributed by atoms with Crippen molar-refractivity contribution in [1.82, 2.24) is 40.4 Å². The van der Waals surface area contributed by atoms with Crippen LogP contribution in [0.3, 0.4) is 0 Å². The average Bonchev–Trinajstić information content (AvgIpc) is 3.60. The zero-order valence-corrected chi connectivity index (χ0v) is 36.7. The Kier molecular flexibility index (Phi) is 13.5. The van der Waals surface area contributed by atoms with Crippen LogP contribution in [0.4, 0.5) is 17.5 Å². The molecule has 3 saturated heterocycles. The minimum Gasteiger partial charge on any atom is -0.478 e. The van der Waals surface area contributed by atoms with Gasteiger partial charge in [0.1, 0.15) is 11.1 Å². The number of rotatable bonds is 11. The summed E-state index contributed by atoms with van der Waals surface area (Å²) in [6, 6.07) is 10.4. The molecule has 0 radical (unpaired) electrons. The first-order valence-electron chi connectivity index (χ1n) is 22.0. The number of imide groups is 1. The maximum atomic E-state index is 13.1. The molecule has 1 atom stereocenters. The number of carbonyl (C=O) groups excluding carboxylic acids is 4. The molecule has 18 heteroatoms. The summed E-state index contributed by atoms with van der Waals surface area (Å²) in [5, 5.41) is 12.6. The van der Waals surface area contributed by atoms with Gasteiger partial charge < -0.3 is 39.8 Å². The molecule has 4 aromatic rings. The Labute approximate surface area is 370 Å². The average molecular weight is 883 g/mol. The molecular weight excluding hydrogens is 828 g/mol. The Morgan fingerprint density at radius 2 is 1.71 bits per heavy atom. The van der Waals surface area contributed by atoms with E-state index < -0.39 is 6.04 Å². The molecule has 63 heavy (non-hydrogen) atoms. The van der Waals surface area contributed by atoms with E-state index in [0.717, 1.165) is 79.8 Å². The van der Waals surface area contributed by atoms with E-state index in [1.807, 2.05) is 44.2 Å². The Morgan fingerprint density at radius 1 is 0.952 bits per heavy atom. The van der Waals surface area contributed by atoms with Gasteiger partial charge in [-0.1, -0.05) is 11.6 Å². The van der Waals surface area contributed by atoms with Crippen LogP contribution in [0.5, 0.6) is 5.75 Å². The number of piperidine rings is 3. The summed E-state index contributed by atoms with van der Waals surface area (Å²) in [6.45, 7) is 7.62. The van der Waals surface area contributed by atoms with Crippen LogP contribution in [0.15, 0.2) is 47.4 Å². The highest BCUT2D eigenvalue weighted by atomic mass is 35.5. The van der Waals surface area contributed by atoms with Crippen LogP contribution in [0.25, 0.3) is 10.9 Å². The number of likely N-dealkylation sites (N-methyl/N-ethyl adjacent to an activating group) is 1. The Balaban J connectivity index is 0.000000193. The first-order valence-corrected chi connectivity index (χ1v) is 22.4. The van der Waals surface area contributed by atoms with Crippen molar-refractivity contribution in [3.8, 4) is 5.75 Å². The highest BCUT2D eigenvalue weighted by molar-refractivity contribution is 6.33. The fourth-order valence-corrected chi connectivity index (χ4v) is 8.87. The van der Waals surface area contributed by atoms with E-state index >= 15 is 0 Å². The molecule has 7 heterocycles. The van der Waals surface area contributed by atoms with Crippen LogP contribution in [-0.2, 0) is 25.7 Å². The molecule has 1 aromatic carbocycles. The van der Waals surface area contributed by atoms with Crippen molar-refractivity contribution in [1.29, 1.82) is 0 Å². The van der Waals surface area contributed by atoms with E-state index in [0.29, 0.717) is 53.4 Å². The molecular formula is C45H55ClN10O7. The van der Waals surface area contributed by atoms with Crippen LogP contribution in [0.2, 0.25) is 5.02 Å². The van der Waals surface area contributed by atoms with Gasteiger partial charge in [-0.3, -0.25) is 34.3 Å². The van der Waals surface area contributed by atoms with E-state index in [1.54, 1.807) is 21.7 Å². The predicted octanol–water partition coefficient (Wildman–Crippen LogP) is 4.74. The van der Waals surface area contributed by atoms with E-state index in [-0.39, 0.29) is 54.0 Å². The standard InChI is InChI=1S/C28H35ClN6O4.C17H20N4O3/c1-17(2)35-23-8-7-19(13-18(23)14-24(27(35)37)38-16-25(36)30-3)32-26-22(29)15-31-28(33-26)34-11-9-21(10-12-34)39-20-5-4-6-20;22-15-4-3-14(16(23)20-15)21-9-13-11(17(21)24)1-2-12(19-13)10-5-7-18-8-6-10/h7-8,13-15,17,20-21H,4-6,9-12,16H2,1-3H3,(H,30,36)(H,31,32,33);1-2,10,14,18H,3-9H2,(H,20,22,23). The van der Waals surface area contributed by atoms with Crippen molar-refractivity contribution < 1.29 is 28.7 Å². The van der Waals surface area contributed by atoms with Gasteiger partial charge in [-0.2, -0.15) is 4.98 Å². The number of carbonyl (C=O) groups is 4. The monoisotopic (exact) mass is 882 g/mol. The predicted molar refractivity (Wildman–Crippen MR) is 238 cm³/mol. The Bertz CT molecular complexity index is 2430. The Hall–Kier alpha value is -5.65. The molecule has 5 aliphatic rings. The van der Waals surface area contributed by atoms with Crippen molar-refractivity contribution in [2.24, 2.45) is 0 Å². The van der Waals surface area contributed by atoms with Crippen LogP contribution in [-0.4, -0.2) is 106 Å². The number of pyridine rings is 2. The van der Waals surface area contributed by atoms with Gasteiger partial charge in [-0.25, -0.2) is 4.98 Å². The molecule has 9 rings (SSSR count).